The van der Waals surface area contributed by atoms with Crippen LogP contribution in [0.5, 0.6) is 5.75 Å². The van der Waals surface area contributed by atoms with Gasteiger partial charge in [-0.1, -0.05) is 23.7 Å². The van der Waals surface area contributed by atoms with Crippen LogP contribution in [0, 0.1) is 0 Å². The van der Waals surface area contributed by atoms with Crippen LogP contribution < -0.4 is 14.4 Å². The number of rotatable bonds is 7. The predicted molar refractivity (Wildman–Crippen MR) is 124 cm³/mol. The summed E-state index contributed by atoms with van der Waals surface area (Å²) < 4.78 is 21.0. The van der Waals surface area contributed by atoms with Gasteiger partial charge in [-0.2, -0.15) is 0 Å². The van der Waals surface area contributed by atoms with E-state index in [0.29, 0.717) is 15.7 Å². The standard InChI is InChI=1S/C22H24ClN5O2S/c1-30-20-8-5-18(23)15-21(20)31(29)26-19-6-3-17(4-7-19)16-27-11-13-28(14-12-27)22-24-9-2-10-25-22/h2-10,15,26H,11-14,16H2,1H3. The van der Waals surface area contributed by atoms with Gasteiger partial charge in [0.2, 0.25) is 10.8 Å². The van der Waals surface area contributed by atoms with Crippen LogP contribution in [0.1, 0.15) is 5.56 Å². The Morgan fingerprint density at radius 2 is 1.77 bits per heavy atom. The second kappa shape index (κ2) is 10.2. The minimum atomic E-state index is -1.48. The van der Waals surface area contributed by atoms with Gasteiger partial charge in [-0.3, -0.25) is 4.90 Å². The molecule has 1 aromatic heterocycles. The minimum Gasteiger partial charge on any atom is -0.588 e. The predicted octanol–water partition coefficient (Wildman–Crippen LogP) is 3.60. The highest BCUT2D eigenvalue weighted by molar-refractivity contribution is 7.92. The quantitative estimate of drug-likeness (QED) is 0.543. The Morgan fingerprint density at radius 3 is 2.45 bits per heavy atom. The van der Waals surface area contributed by atoms with Crippen molar-refractivity contribution in [1.82, 2.24) is 14.9 Å². The van der Waals surface area contributed by atoms with Gasteiger partial charge in [0.05, 0.1) is 12.8 Å². The first-order chi connectivity index (χ1) is 15.1. The molecule has 0 saturated carbocycles. The number of hydrogen-bond donors (Lipinski definition) is 1. The van der Waals surface area contributed by atoms with Gasteiger partial charge in [-0.25, -0.2) is 14.7 Å². The third kappa shape index (κ3) is 5.59. The van der Waals surface area contributed by atoms with Crippen LogP contribution in [0.15, 0.2) is 65.8 Å². The molecule has 2 heterocycles. The number of piperazine rings is 1. The molecule has 0 amide bonds. The maximum absolute atomic E-state index is 12.7. The van der Waals surface area contributed by atoms with Crippen molar-refractivity contribution in [3.8, 4) is 5.75 Å². The number of anilines is 2. The van der Waals surface area contributed by atoms with E-state index < -0.39 is 11.4 Å². The first kappa shape index (κ1) is 21.7. The second-order valence-electron chi connectivity index (χ2n) is 7.17. The Kier molecular flexibility index (Phi) is 7.14. The molecule has 1 N–H and O–H groups in total. The highest BCUT2D eigenvalue weighted by atomic mass is 35.5. The molecule has 0 bridgehead atoms. The Morgan fingerprint density at radius 1 is 1.06 bits per heavy atom. The summed E-state index contributed by atoms with van der Waals surface area (Å²) in [5, 5.41) is 0.514. The van der Waals surface area contributed by atoms with Gasteiger partial charge in [-0.05, 0) is 35.9 Å². The van der Waals surface area contributed by atoms with Crippen LogP contribution in [0.3, 0.4) is 0 Å². The first-order valence-electron chi connectivity index (χ1n) is 9.97. The molecule has 3 aromatic rings. The largest absolute Gasteiger partial charge is 0.588 e. The molecule has 0 aliphatic carbocycles. The summed E-state index contributed by atoms with van der Waals surface area (Å²) in [4.78, 5) is 13.8. The molecular formula is C22H24ClN5O2S. The van der Waals surface area contributed by atoms with Crippen molar-refractivity contribution in [1.29, 1.82) is 0 Å². The van der Waals surface area contributed by atoms with E-state index in [1.807, 2.05) is 18.2 Å². The summed E-state index contributed by atoms with van der Waals surface area (Å²) >= 11 is 4.57. The Balaban J connectivity index is 1.31. The summed E-state index contributed by atoms with van der Waals surface area (Å²) in [6.07, 6.45) is 3.56. The fourth-order valence-corrected chi connectivity index (χ4v) is 4.72. The van der Waals surface area contributed by atoms with Crippen molar-refractivity contribution < 1.29 is 9.29 Å². The molecule has 0 radical (unpaired) electrons. The van der Waals surface area contributed by atoms with Crippen molar-refractivity contribution in [3.63, 3.8) is 0 Å². The lowest BCUT2D eigenvalue weighted by Gasteiger charge is -2.34. The molecule has 1 aliphatic rings. The Bertz CT molecular complexity index is 985. The number of benzene rings is 2. The number of methoxy groups -OCH3 is 1. The molecule has 162 valence electrons. The lowest BCUT2D eigenvalue weighted by molar-refractivity contribution is 0.248. The molecule has 1 atom stereocenters. The van der Waals surface area contributed by atoms with E-state index in [4.69, 9.17) is 16.3 Å². The van der Waals surface area contributed by atoms with Gasteiger partial charge in [0.1, 0.15) is 11.4 Å². The lowest BCUT2D eigenvalue weighted by Crippen LogP contribution is -2.46. The number of nitrogens with zero attached hydrogens (tertiary/aromatic N) is 4. The normalized spacial score (nSPS) is 15.5. The SMILES string of the molecule is COc1ccc(Cl)cc1[S+]([O-])Nc1ccc(CN2CCN(c3ncccn3)CC2)cc1. The van der Waals surface area contributed by atoms with Crippen molar-refractivity contribution in [2.75, 3.05) is 42.9 Å². The van der Waals surface area contributed by atoms with Gasteiger partial charge in [0.15, 0.2) is 5.75 Å². The zero-order valence-electron chi connectivity index (χ0n) is 17.2. The van der Waals surface area contributed by atoms with Crippen LogP contribution in [0.4, 0.5) is 11.6 Å². The first-order valence-corrected chi connectivity index (χ1v) is 11.5. The van der Waals surface area contributed by atoms with E-state index in [2.05, 4.69) is 36.6 Å². The maximum Gasteiger partial charge on any atom is 0.225 e. The zero-order chi connectivity index (χ0) is 21.6. The minimum absolute atomic E-state index is 0.513. The summed E-state index contributed by atoms with van der Waals surface area (Å²) in [6.45, 7) is 4.59. The molecule has 4 rings (SSSR count). The van der Waals surface area contributed by atoms with E-state index >= 15 is 0 Å². The number of aromatic nitrogens is 2. The van der Waals surface area contributed by atoms with Gasteiger partial charge >= 0.3 is 0 Å². The van der Waals surface area contributed by atoms with Gasteiger partial charge in [0.25, 0.3) is 0 Å². The van der Waals surface area contributed by atoms with Crippen molar-refractivity contribution in [2.24, 2.45) is 0 Å². The molecule has 0 spiro atoms. The van der Waals surface area contributed by atoms with E-state index in [1.54, 1.807) is 37.7 Å². The third-order valence-corrected chi connectivity index (χ3v) is 6.48. The summed E-state index contributed by atoms with van der Waals surface area (Å²) in [5.74, 6) is 1.33. The number of halogens is 1. The van der Waals surface area contributed by atoms with Gasteiger partial charge in [-0.15, -0.1) is 0 Å². The molecule has 31 heavy (non-hydrogen) atoms. The Hall–Kier alpha value is -2.52. The van der Waals surface area contributed by atoms with Crippen LogP contribution >= 0.6 is 11.6 Å². The van der Waals surface area contributed by atoms with Gasteiger partial charge in [0, 0.05) is 56.2 Å². The third-order valence-electron chi connectivity index (χ3n) is 5.10. The molecule has 1 fully saturated rings. The highest BCUT2D eigenvalue weighted by Crippen LogP contribution is 2.28. The number of hydrogen-bond acceptors (Lipinski definition) is 7. The molecule has 1 saturated heterocycles. The van der Waals surface area contributed by atoms with Crippen LogP contribution in [0.2, 0.25) is 5.02 Å². The van der Waals surface area contributed by atoms with Crippen molar-refractivity contribution >= 4 is 34.6 Å². The lowest BCUT2D eigenvalue weighted by atomic mass is 10.2. The second-order valence-corrected chi connectivity index (χ2v) is 8.79. The summed E-state index contributed by atoms with van der Waals surface area (Å²) in [6, 6.07) is 14.9. The molecule has 1 unspecified atom stereocenters. The number of nitrogens with one attached hydrogen (secondary N) is 1. The molecule has 2 aromatic carbocycles. The number of ether oxygens (including phenoxy) is 1. The van der Waals surface area contributed by atoms with Crippen molar-refractivity contribution in [2.45, 2.75) is 11.4 Å². The maximum atomic E-state index is 12.7. The average Bonchev–Trinajstić information content (AvgIpc) is 2.81. The smallest absolute Gasteiger partial charge is 0.225 e. The zero-order valence-corrected chi connectivity index (χ0v) is 18.8. The average molecular weight is 458 g/mol. The van der Waals surface area contributed by atoms with Crippen LogP contribution in [-0.4, -0.2) is 52.7 Å². The summed E-state index contributed by atoms with van der Waals surface area (Å²) in [7, 11) is 1.55. The highest BCUT2D eigenvalue weighted by Gasteiger charge is 2.20. The topological polar surface area (TPSA) is 76.6 Å². The monoisotopic (exact) mass is 457 g/mol. The fraction of sp³-hybridized carbons (Fsp3) is 0.273. The van der Waals surface area contributed by atoms with E-state index in [0.717, 1.165) is 44.4 Å². The van der Waals surface area contributed by atoms with Crippen LogP contribution in [0.25, 0.3) is 0 Å². The van der Waals surface area contributed by atoms with E-state index in [9.17, 15) is 4.55 Å². The van der Waals surface area contributed by atoms with Gasteiger partial charge < -0.3 is 14.2 Å². The molecular weight excluding hydrogens is 434 g/mol. The van der Waals surface area contributed by atoms with Crippen molar-refractivity contribution in [3.05, 3.63) is 71.5 Å². The van der Waals surface area contributed by atoms with E-state index in [-0.39, 0.29) is 0 Å². The molecule has 1 aliphatic heterocycles. The fourth-order valence-electron chi connectivity index (χ4n) is 3.45. The Labute approximate surface area is 190 Å². The molecule has 9 heteroatoms. The van der Waals surface area contributed by atoms with Crippen LogP contribution in [-0.2, 0) is 17.9 Å². The molecule has 7 nitrogen and oxygen atoms in total. The van der Waals surface area contributed by atoms with E-state index in [1.165, 1.54) is 5.56 Å². The summed E-state index contributed by atoms with van der Waals surface area (Å²) in [5.41, 5.74) is 1.98.